The van der Waals surface area contributed by atoms with E-state index in [2.05, 4.69) is 5.32 Å². The van der Waals surface area contributed by atoms with Gasteiger partial charge in [0.1, 0.15) is 0 Å². The molecule has 4 amide bonds. The molecular weight excluding hydrogens is 306 g/mol. The highest BCUT2D eigenvalue weighted by Gasteiger charge is 2.37. The van der Waals surface area contributed by atoms with Gasteiger partial charge in [0.15, 0.2) is 0 Å². The first-order valence-electron chi connectivity index (χ1n) is 8.49. The van der Waals surface area contributed by atoms with Gasteiger partial charge >= 0.3 is 6.03 Å². The normalized spacial score (nSPS) is 20.6. The molecule has 128 valence electrons. The van der Waals surface area contributed by atoms with Crippen molar-refractivity contribution in [3.8, 4) is 0 Å². The lowest BCUT2D eigenvalue weighted by atomic mass is 10.0. The number of carbonyl (C=O) groups is 3. The summed E-state index contributed by atoms with van der Waals surface area (Å²) >= 11 is 0. The van der Waals surface area contributed by atoms with Crippen molar-refractivity contribution < 1.29 is 14.4 Å². The number of urea groups is 1. The molecule has 1 fully saturated rings. The van der Waals surface area contributed by atoms with Crippen molar-refractivity contribution >= 4 is 23.5 Å². The molecule has 6 heteroatoms. The van der Waals surface area contributed by atoms with Crippen LogP contribution in [0, 0.1) is 0 Å². The average Bonchev–Trinajstić information content (AvgIpc) is 2.78. The second kappa shape index (κ2) is 6.26. The van der Waals surface area contributed by atoms with Gasteiger partial charge in [0.2, 0.25) is 0 Å². The monoisotopic (exact) mass is 329 g/mol. The highest BCUT2D eigenvalue weighted by Crippen LogP contribution is 2.27. The molecule has 0 bridgehead atoms. The van der Waals surface area contributed by atoms with Gasteiger partial charge in [-0.05, 0) is 58.2 Å². The largest absolute Gasteiger partial charge is 0.322 e. The van der Waals surface area contributed by atoms with E-state index in [0.29, 0.717) is 16.8 Å². The average molecular weight is 329 g/mol. The van der Waals surface area contributed by atoms with Gasteiger partial charge in [-0.2, -0.15) is 0 Å². The number of piperidine rings is 1. The smallest absolute Gasteiger partial charge is 0.322 e. The molecule has 2 aliphatic heterocycles. The minimum absolute atomic E-state index is 0.153. The molecule has 0 saturated carbocycles. The Bertz CT molecular complexity index is 699. The van der Waals surface area contributed by atoms with Crippen LogP contribution in [0.4, 0.5) is 10.5 Å². The van der Waals surface area contributed by atoms with Crippen LogP contribution in [0.2, 0.25) is 0 Å². The summed E-state index contributed by atoms with van der Waals surface area (Å²) in [5.74, 6) is -0.569. The molecule has 2 heterocycles. The van der Waals surface area contributed by atoms with Crippen LogP contribution < -0.4 is 5.32 Å². The van der Waals surface area contributed by atoms with Gasteiger partial charge in [-0.1, -0.05) is 0 Å². The van der Waals surface area contributed by atoms with Crippen molar-refractivity contribution in [2.75, 3.05) is 11.9 Å². The first-order valence-corrected chi connectivity index (χ1v) is 8.49. The number of likely N-dealkylation sites (tertiary alicyclic amines) is 1. The first-order chi connectivity index (χ1) is 11.4. The number of fused-ring (bicyclic) bond motifs is 1. The molecule has 1 aromatic rings. The Kier molecular flexibility index (Phi) is 4.30. The van der Waals surface area contributed by atoms with E-state index in [0.717, 1.165) is 25.8 Å². The number of imide groups is 1. The molecule has 2 aliphatic rings. The zero-order chi connectivity index (χ0) is 17.4. The molecule has 1 saturated heterocycles. The number of nitrogens with one attached hydrogen (secondary N) is 1. The number of hydrogen-bond donors (Lipinski definition) is 1. The predicted octanol–water partition coefficient (Wildman–Crippen LogP) is 3.10. The maximum atomic E-state index is 12.4. The van der Waals surface area contributed by atoms with E-state index in [1.807, 2.05) is 25.7 Å². The Morgan fingerprint density at radius 3 is 2.54 bits per heavy atom. The minimum atomic E-state index is -0.299. The summed E-state index contributed by atoms with van der Waals surface area (Å²) < 4.78 is 0. The lowest BCUT2D eigenvalue weighted by Gasteiger charge is -2.33. The molecule has 0 radical (unpaired) electrons. The summed E-state index contributed by atoms with van der Waals surface area (Å²) in [7, 11) is 0. The van der Waals surface area contributed by atoms with Crippen LogP contribution in [0.1, 0.15) is 60.7 Å². The summed E-state index contributed by atoms with van der Waals surface area (Å²) in [5, 5.41) is 2.86. The van der Waals surface area contributed by atoms with E-state index < -0.39 is 0 Å². The van der Waals surface area contributed by atoms with Crippen LogP contribution in [0.5, 0.6) is 0 Å². The maximum Gasteiger partial charge on any atom is 0.322 e. The molecular formula is C18H23N3O3. The minimum Gasteiger partial charge on any atom is -0.322 e. The zero-order valence-electron chi connectivity index (χ0n) is 14.3. The molecule has 1 aromatic carbocycles. The Hall–Kier alpha value is -2.37. The lowest BCUT2D eigenvalue weighted by molar-refractivity contribution is 0.0609. The number of nitrogens with zero attached hydrogens (tertiary/aromatic N) is 2. The number of anilines is 1. The van der Waals surface area contributed by atoms with Gasteiger partial charge < -0.3 is 10.2 Å². The molecule has 1 unspecified atom stereocenters. The summed E-state index contributed by atoms with van der Waals surface area (Å²) in [5.41, 5.74) is 1.31. The van der Waals surface area contributed by atoms with Gasteiger partial charge in [-0.3, -0.25) is 14.5 Å². The second-order valence-electron chi connectivity index (χ2n) is 6.80. The van der Waals surface area contributed by atoms with Crippen molar-refractivity contribution in [2.24, 2.45) is 0 Å². The standard InChI is InChI=1S/C18H23N3O3/c1-11(2)21-16(22)14-8-7-13(10-15(14)17(21)23)19-18(24)20-9-5-4-6-12(20)3/h7-8,10-12H,4-6,9H2,1-3H3,(H,19,24). The van der Waals surface area contributed by atoms with E-state index in [-0.39, 0.29) is 29.9 Å². The fourth-order valence-electron chi connectivity index (χ4n) is 3.40. The van der Waals surface area contributed by atoms with Crippen LogP contribution in [0.3, 0.4) is 0 Å². The third-order valence-electron chi connectivity index (χ3n) is 4.75. The van der Waals surface area contributed by atoms with Gasteiger partial charge in [0.05, 0.1) is 11.1 Å². The SMILES string of the molecule is CC1CCCCN1C(=O)Nc1ccc2c(c1)C(=O)N(C(C)C)C2=O. The molecule has 1 atom stereocenters. The Morgan fingerprint density at radius 2 is 1.88 bits per heavy atom. The second-order valence-corrected chi connectivity index (χ2v) is 6.80. The fourth-order valence-corrected chi connectivity index (χ4v) is 3.40. The summed E-state index contributed by atoms with van der Waals surface area (Å²) in [6, 6.07) is 4.77. The highest BCUT2D eigenvalue weighted by atomic mass is 16.2. The van der Waals surface area contributed by atoms with Crippen LogP contribution in [0.15, 0.2) is 18.2 Å². The molecule has 0 spiro atoms. The van der Waals surface area contributed by atoms with Crippen molar-refractivity contribution in [2.45, 2.75) is 52.1 Å². The topological polar surface area (TPSA) is 69.7 Å². The van der Waals surface area contributed by atoms with E-state index in [4.69, 9.17) is 0 Å². The maximum absolute atomic E-state index is 12.4. The summed E-state index contributed by atoms with van der Waals surface area (Å²) in [6.45, 7) is 6.41. The van der Waals surface area contributed by atoms with Crippen molar-refractivity contribution in [3.05, 3.63) is 29.3 Å². The first kappa shape index (κ1) is 16.5. The van der Waals surface area contributed by atoms with Gasteiger partial charge in [0.25, 0.3) is 11.8 Å². The van der Waals surface area contributed by atoms with Crippen molar-refractivity contribution in [3.63, 3.8) is 0 Å². The fraction of sp³-hybridized carbons (Fsp3) is 0.500. The molecule has 6 nitrogen and oxygen atoms in total. The Morgan fingerprint density at radius 1 is 1.17 bits per heavy atom. The number of benzene rings is 1. The van der Waals surface area contributed by atoms with Gasteiger partial charge in [0, 0.05) is 24.3 Å². The van der Waals surface area contributed by atoms with E-state index in [1.165, 1.54) is 4.90 Å². The number of carbonyl (C=O) groups excluding carboxylic acids is 3. The zero-order valence-corrected chi connectivity index (χ0v) is 14.3. The number of hydrogen-bond acceptors (Lipinski definition) is 3. The van der Waals surface area contributed by atoms with Crippen molar-refractivity contribution in [1.82, 2.24) is 9.80 Å². The Labute approximate surface area is 141 Å². The predicted molar refractivity (Wildman–Crippen MR) is 91.1 cm³/mol. The van der Waals surface area contributed by atoms with Crippen LogP contribution in [-0.2, 0) is 0 Å². The summed E-state index contributed by atoms with van der Waals surface area (Å²) in [4.78, 5) is 40.2. The van der Waals surface area contributed by atoms with E-state index in [1.54, 1.807) is 18.2 Å². The molecule has 24 heavy (non-hydrogen) atoms. The number of amides is 4. The molecule has 1 N–H and O–H groups in total. The van der Waals surface area contributed by atoms with Crippen LogP contribution >= 0.6 is 0 Å². The van der Waals surface area contributed by atoms with Gasteiger partial charge in [-0.25, -0.2) is 4.79 Å². The lowest BCUT2D eigenvalue weighted by Crippen LogP contribution is -2.44. The quantitative estimate of drug-likeness (QED) is 0.848. The number of rotatable bonds is 2. The summed E-state index contributed by atoms with van der Waals surface area (Å²) in [6.07, 6.45) is 3.16. The van der Waals surface area contributed by atoms with E-state index >= 15 is 0 Å². The molecule has 0 aromatic heterocycles. The molecule has 3 rings (SSSR count). The third kappa shape index (κ3) is 2.77. The van der Waals surface area contributed by atoms with Crippen LogP contribution in [-0.4, -0.2) is 46.3 Å². The highest BCUT2D eigenvalue weighted by molar-refractivity contribution is 6.22. The van der Waals surface area contributed by atoms with Crippen LogP contribution in [0.25, 0.3) is 0 Å². The third-order valence-corrected chi connectivity index (χ3v) is 4.75. The Balaban J connectivity index is 1.79. The van der Waals surface area contributed by atoms with Crippen molar-refractivity contribution in [1.29, 1.82) is 0 Å². The molecule has 0 aliphatic carbocycles. The van der Waals surface area contributed by atoms with Gasteiger partial charge in [-0.15, -0.1) is 0 Å². The van der Waals surface area contributed by atoms with E-state index in [9.17, 15) is 14.4 Å².